The van der Waals surface area contributed by atoms with Gasteiger partial charge in [-0.2, -0.15) is 0 Å². The number of ether oxygens (including phenoxy) is 1. The highest BCUT2D eigenvalue weighted by atomic mass is 32.1. The lowest BCUT2D eigenvalue weighted by Gasteiger charge is -2.50. The number of hydrogen-bond donors (Lipinski definition) is 2. The van der Waals surface area contributed by atoms with Gasteiger partial charge in [-0.3, -0.25) is 9.59 Å². The van der Waals surface area contributed by atoms with Gasteiger partial charge in [-0.25, -0.2) is 0 Å². The first-order valence-corrected chi connectivity index (χ1v) is 12.9. The van der Waals surface area contributed by atoms with Crippen molar-refractivity contribution in [2.75, 3.05) is 7.11 Å². The Hall–Kier alpha value is -1.50. The average molecular weight is 463 g/mol. The average Bonchev–Trinajstić information content (AvgIpc) is 3.38. The first-order valence-electron chi connectivity index (χ1n) is 12.1. The molecule has 1 heterocycles. The Bertz CT molecular complexity index is 773. The maximum atomic E-state index is 12.5. The van der Waals surface area contributed by atoms with Gasteiger partial charge >= 0.3 is 5.97 Å². The van der Waals surface area contributed by atoms with E-state index in [1.165, 1.54) is 12.0 Å². The fraction of sp³-hybridized carbons (Fsp3) is 0.692. The van der Waals surface area contributed by atoms with Crippen LogP contribution in [-0.2, 0) is 19.7 Å². The normalized spacial score (nSPS) is 31.1. The summed E-state index contributed by atoms with van der Waals surface area (Å²) in [7, 11) is 1.40. The van der Waals surface area contributed by atoms with Gasteiger partial charge in [0.1, 0.15) is 5.78 Å². The number of aliphatic hydroxyl groups excluding tert-OH is 2. The van der Waals surface area contributed by atoms with E-state index in [2.05, 4.69) is 29.2 Å². The molecule has 5 nitrogen and oxygen atoms in total. The minimum Gasteiger partial charge on any atom is -0.469 e. The molecule has 2 aliphatic rings. The molecule has 6 atom stereocenters. The zero-order valence-electron chi connectivity index (χ0n) is 19.4. The Morgan fingerprint density at radius 1 is 1.34 bits per heavy atom. The number of rotatable bonds is 12. The predicted molar refractivity (Wildman–Crippen MR) is 126 cm³/mol. The molecule has 0 radical (unpaired) electrons. The van der Waals surface area contributed by atoms with E-state index in [1.54, 1.807) is 11.3 Å². The molecule has 3 unspecified atom stereocenters. The van der Waals surface area contributed by atoms with Crippen LogP contribution in [0, 0.1) is 17.8 Å². The van der Waals surface area contributed by atoms with E-state index in [9.17, 15) is 19.8 Å². The quantitative estimate of drug-likeness (QED) is 0.265. The van der Waals surface area contributed by atoms with Crippen LogP contribution in [0.4, 0.5) is 0 Å². The van der Waals surface area contributed by atoms with Gasteiger partial charge in [0.05, 0.1) is 19.3 Å². The van der Waals surface area contributed by atoms with Crippen LogP contribution in [0.15, 0.2) is 29.7 Å². The van der Waals surface area contributed by atoms with Crippen molar-refractivity contribution in [3.8, 4) is 0 Å². The van der Waals surface area contributed by atoms with Gasteiger partial charge in [0.15, 0.2) is 0 Å². The third-order valence-corrected chi connectivity index (χ3v) is 8.83. The van der Waals surface area contributed by atoms with E-state index in [4.69, 9.17) is 0 Å². The lowest BCUT2D eigenvalue weighted by atomic mass is 9.56. The Morgan fingerprint density at radius 2 is 2.12 bits per heavy atom. The van der Waals surface area contributed by atoms with E-state index in [0.29, 0.717) is 18.8 Å². The Morgan fingerprint density at radius 3 is 2.75 bits per heavy atom. The van der Waals surface area contributed by atoms with Gasteiger partial charge in [0.25, 0.3) is 0 Å². The van der Waals surface area contributed by atoms with Crippen LogP contribution in [0.2, 0.25) is 0 Å². The SMILES string of the molecule is COC(=O)CCCCCC[C@H]1C(=O)C[C@@H](O)[C@@H]1C=CCC(O)C1(c2cccs2)CCC1C. The Kier molecular flexibility index (Phi) is 9.09. The molecule has 2 saturated carbocycles. The highest BCUT2D eigenvalue weighted by molar-refractivity contribution is 7.10. The fourth-order valence-corrected chi connectivity index (χ4v) is 6.69. The number of methoxy groups -OCH3 is 1. The van der Waals surface area contributed by atoms with Gasteiger partial charge in [-0.1, -0.05) is 44.4 Å². The van der Waals surface area contributed by atoms with Crippen LogP contribution >= 0.6 is 11.3 Å². The van der Waals surface area contributed by atoms with E-state index in [1.807, 2.05) is 12.2 Å². The predicted octanol–water partition coefficient (Wildman–Crippen LogP) is 4.80. The number of thiophene rings is 1. The molecule has 0 amide bonds. The molecular weight excluding hydrogens is 424 g/mol. The van der Waals surface area contributed by atoms with Crippen molar-refractivity contribution in [3.63, 3.8) is 0 Å². The monoisotopic (exact) mass is 462 g/mol. The van der Waals surface area contributed by atoms with Crippen molar-refractivity contribution in [3.05, 3.63) is 34.5 Å². The highest BCUT2D eigenvalue weighted by Crippen LogP contribution is 2.53. The number of hydrogen-bond acceptors (Lipinski definition) is 6. The van der Waals surface area contributed by atoms with Crippen LogP contribution in [0.1, 0.15) is 76.0 Å². The van der Waals surface area contributed by atoms with Crippen molar-refractivity contribution in [2.45, 2.75) is 88.8 Å². The van der Waals surface area contributed by atoms with Crippen LogP contribution in [0.25, 0.3) is 0 Å². The largest absolute Gasteiger partial charge is 0.469 e. The molecule has 1 aromatic rings. The van der Waals surface area contributed by atoms with Crippen LogP contribution in [0.5, 0.6) is 0 Å². The second-order valence-corrected chi connectivity index (χ2v) is 10.5. The summed E-state index contributed by atoms with van der Waals surface area (Å²) >= 11 is 1.72. The molecule has 2 fully saturated rings. The number of esters is 1. The number of unbranched alkanes of at least 4 members (excludes halogenated alkanes) is 3. The maximum Gasteiger partial charge on any atom is 0.305 e. The van der Waals surface area contributed by atoms with E-state index >= 15 is 0 Å². The van der Waals surface area contributed by atoms with Crippen LogP contribution in [0.3, 0.4) is 0 Å². The smallest absolute Gasteiger partial charge is 0.305 e. The fourth-order valence-electron chi connectivity index (χ4n) is 5.57. The third-order valence-electron chi connectivity index (χ3n) is 7.77. The van der Waals surface area contributed by atoms with Crippen molar-refractivity contribution in [1.29, 1.82) is 0 Å². The first kappa shape index (κ1) is 25.1. The van der Waals surface area contributed by atoms with Crippen LogP contribution in [-0.4, -0.2) is 41.3 Å². The maximum absolute atomic E-state index is 12.5. The summed E-state index contributed by atoms with van der Waals surface area (Å²) in [4.78, 5) is 24.9. The second-order valence-electron chi connectivity index (χ2n) is 9.59. The summed E-state index contributed by atoms with van der Waals surface area (Å²) < 4.78 is 4.65. The standard InChI is InChI=1S/C26H38O5S/c1-18-14-15-26(18,24-12-8-16-32-24)23(29)11-7-10-20-19(21(27)17-22(20)28)9-5-3-4-6-13-25(30)31-2/h7-8,10,12,16,18-20,22-23,28-29H,3-6,9,11,13-15,17H2,1-2H3/t18?,19-,20-,22-,23?,26?/m1/s1. The van der Waals surface area contributed by atoms with Gasteiger partial charge in [-0.05, 0) is 49.5 Å². The van der Waals surface area contributed by atoms with Crippen LogP contribution < -0.4 is 0 Å². The van der Waals surface area contributed by atoms with Crippen molar-refractivity contribution >= 4 is 23.1 Å². The molecule has 2 aliphatic carbocycles. The molecule has 0 aliphatic heterocycles. The molecular formula is C26H38O5S. The minimum atomic E-state index is -0.630. The molecule has 3 rings (SSSR count). The molecule has 0 bridgehead atoms. The summed E-state index contributed by atoms with van der Waals surface area (Å²) in [6.07, 6.45) is 10.6. The summed E-state index contributed by atoms with van der Waals surface area (Å²) in [5.74, 6) is 0.109. The first-order chi connectivity index (χ1) is 15.4. The topological polar surface area (TPSA) is 83.8 Å². The zero-order valence-corrected chi connectivity index (χ0v) is 20.2. The van der Waals surface area contributed by atoms with E-state index in [0.717, 1.165) is 44.9 Å². The molecule has 0 spiro atoms. The minimum absolute atomic E-state index is 0.143. The summed E-state index contributed by atoms with van der Waals surface area (Å²) in [5, 5.41) is 23.6. The number of Topliss-reactive ketones (excluding diaryl/α,β-unsaturated/α-hetero) is 1. The van der Waals surface area contributed by atoms with Gasteiger partial charge in [-0.15, -0.1) is 11.3 Å². The van der Waals surface area contributed by atoms with Crippen molar-refractivity contribution < 1.29 is 24.5 Å². The van der Waals surface area contributed by atoms with E-state index in [-0.39, 0.29) is 35.4 Å². The van der Waals surface area contributed by atoms with Gasteiger partial charge in [0, 0.05) is 35.0 Å². The zero-order chi connectivity index (χ0) is 23.1. The number of ketones is 1. The highest BCUT2D eigenvalue weighted by Gasteiger charge is 2.51. The van der Waals surface area contributed by atoms with Crippen molar-refractivity contribution in [2.24, 2.45) is 17.8 Å². The molecule has 178 valence electrons. The molecule has 6 heteroatoms. The molecule has 1 aromatic heterocycles. The number of carbonyl (C=O) groups excluding carboxylic acids is 2. The summed E-state index contributed by atoms with van der Waals surface area (Å²) in [6, 6.07) is 4.18. The third kappa shape index (κ3) is 5.52. The van der Waals surface area contributed by atoms with Gasteiger partial charge in [0.2, 0.25) is 0 Å². The number of carbonyl (C=O) groups is 2. The second kappa shape index (κ2) is 11.6. The molecule has 0 saturated heterocycles. The molecule has 32 heavy (non-hydrogen) atoms. The molecule has 0 aromatic carbocycles. The van der Waals surface area contributed by atoms with Crippen molar-refractivity contribution in [1.82, 2.24) is 0 Å². The summed E-state index contributed by atoms with van der Waals surface area (Å²) in [5.41, 5.74) is -0.160. The Labute approximate surface area is 195 Å². The Balaban J connectivity index is 1.50. The number of aliphatic hydroxyl groups is 2. The van der Waals surface area contributed by atoms with E-state index < -0.39 is 12.2 Å². The van der Waals surface area contributed by atoms with Gasteiger partial charge < -0.3 is 14.9 Å². The summed E-state index contributed by atoms with van der Waals surface area (Å²) in [6.45, 7) is 2.22. The molecule has 2 N–H and O–H groups in total. The lowest BCUT2D eigenvalue weighted by molar-refractivity contribution is -0.140. The lowest BCUT2D eigenvalue weighted by Crippen LogP contribution is -2.51.